The number of hydrogen-bond acceptors (Lipinski definition) is 7. The van der Waals surface area contributed by atoms with E-state index in [1.165, 1.54) is 19.2 Å². The molecule has 0 bridgehead atoms. The molecule has 0 radical (unpaired) electrons. The Kier molecular flexibility index (Phi) is 4.92. The van der Waals surface area contributed by atoms with Crippen LogP contribution < -0.4 is 14.2 Å². The number of hydrogen-bond donors (Lipinski definition) is 0. The number of methoxy groups -OCH3 is 1. The number of esters is 1. The number of Topliss-reactive ketones (excluding diaryl/α,β-unsaturated/α-hetero) is 1. The molecule has 1 aromatic heterocycles. The van der Waals surface area contributed by atoms with Crippen molar-refractivity contribution in [2.45, 2.75) is 0 Å². The third-order valence-corrected chi connectivity index (χ3v) is 4.52. The van der Waals surface area contributed by atoms with Crippen molar-refractivity contribution in [1.82, 2.24) is 0 Å². The van der Waals surface area contributed by atoms with E-state index < -0.39 is 5.97 Å². The molecular formula is C16H13ClO6S. The topological polar surface area (TPSA) is 71.1 Å². The zero-order chi connectivity index (χ0) is 17.1. The first-order valence-corrected chi connectivity index (χ1v) is 8.21. The lowest BCUT2D eigenvalue weighted by molar-refractivity contribution is 0.0474. The Morgan fingerprint density at radius 3 is 2.75 bits per heavy atom. The first-order chi connectivity index (χ1) is 11.6. The van der Waals surface area contributed by atoms with Crippen LogP contribution in [0.5, 0.6) is 17.2 Å². The van der Waals surface area contributed by atoms with Gasteiger partial charge in [-0.05, 0) is 24.3 Å². The summed E-state index contributed by atoms with van der Waals surface area (Å²) in [5.41, 5.74) is 0.216. The van der Waals surface area contributed by atoms with Gasteiger partial charge < -0.3 is 18.9 Å². The average molecular weight is 369 g/mol. The SMILES string of the molecule is COc1cc(C(=O)OCC(=O)c2ccc(Cl)s2)cc2c1OCCO2. The number of fused-ring (bicyclic) bond motifs is 1. The lowest BCUT2D eigenvalue weighted by atomic mass is 10.1. The molecule has 0 saturated carbocycles. The summed E-state index contributed by atoms with van der Waals surface area (Å²) >= 11 is 6.92. The van der Waals surface area contributed by atoms with E-state index in [-0.39, 0.29) is 18.0 Å². The van der Waals surface area contributed by atoms with Crippen molar-refractivity contribution in [2.24, 2.45) is 0 Å². The molecule has 0 unspecified atom stereocenters. The molecule has 0 amide bonds. The fourth-order valence-electron chi connectivity index (χ4n) is 2.14. The van der Waals surface area contributed by atoms with Gasteiger partial charge in [0.2, 0.25) is 11.5 Å². The maximum absolute atomic E-state index is 12.2. The molecule has 0 N–H and O–H groups in total. The van der Waals surface area contributed by atoms with Crippen LogP contribution in [0.4, 0.5) is 0 Å². The lowest BCUT2D eigenvalue weighted by Gasteiger charge is -2.21. The van der Waals surface area contributed by atoms with Gasteiger partial charge in [-0.1, -0.05) is 11.6 Å². The van der Waals surface area contributed by atoms with E-state index in [1.807, 2.05) is 0 Å². The van der Waals surface area contributed by atoms with E-state index in [0.717, 1.165) is 11.3 Å². The monoisotopic (exact) mass is 368 g/mol. The van der Waals surface area contributed by atoms with Crippen LogP contribution in [0.2, 0.25) is 4.34 Å². The number of ketones is 1. The largest absolute Gasteiger partial charge is 0.493 e. The van der Waals surface area contributed by atoms with Gasteiger partial charge in [-0.15, -0.1) is 11.3 Å². The summed E-state index contributed by atoms with van der Waals surface area (Å²) in [4.78, 5) is 24.6. The molecular weight excluding hydrogens is 356 g/mol. The second kappa shape index (κ2) is 7.11. The Morgan fingerprint density at radius 2 is 2.04 bits per heavy atom. The minimum absolute atomic E-state index is 0.216. The van der Waals surface area contributed by atoms with Crippen molar-refractivity contribution >= 4 is 34.7 Å². The second-order valence-electron chi connectivity index (χ2n) is 4.81. The summed E-state index contributed by atoms with van der Waals surface area (Å²) in [5.74, 6) is 0.259. The third-order valence-electron chi connectivity index (χ3n) is 3.25. The fourth-order valence-corrected chi connectivity index (χ4v) is 3.11. The summed E-state index contributed by atoms with van der Waals surface area (Å²) < 4.78 is 21.7. The van der Waals surface area contributed by atoms with Gasteiger partial charge in [-0.3, -0.25) is 4.79 Å². The zero-order valence-corrected chi connectivity index (χ0v) is 14.2. The van der Waals surface area contributed by atoms with Crippen molar-refractivity contribution in [1.29, 1.82) is 0 Å². The van der Waals surface area contributed by atoms with Crippen LogP contribution >= 0.6 is 22.9 Å². The molecule has 2 heterocycles. The van der Waals surface area contributed by atoms with Crippen LogP contribution in [0, 0.1) is 0 Å². The number of thiophene rings is 1. The molecule has 0 aliphatic carbocycles. The molecule has 3 rings (SSSR count). The van der Waals surface area contributed by atoms with Crippen LogP contribution in [0.15, 0.2) is 24.3 Å². The van der Waals surface area contributed by atoms with Gasteiger partial charge in [-0.25, -0.2) is 4.79 Å². The summed E-state index contributed by atoms with van der Waals surface area (Å²) in [6.45, 7) is 0.420. The standard InChI is InChI=1S/C16H13ClO6S/c1-20-11-6-9(7-12-15(11)22-5-4-21-12)16(19)23-8-10(18)13-2-3-14(17)24-13/h2-3,6-7H,4-5,8H2,1H3. The van der Waals surface area contributed by atoms with Crippen molar-refractivity contribution < 1.29 is 28.5 Å². The van der Waals surface area contributed by atoms with Crippen LogP contribution in [0.1, 0.15) is 20.0 Å². The number of benzene rings is 1. The number of ether oxygens (including phenoxy) is 4. The predicted molar refractivity (Wildman–Crippen MR) is 87.9 cm³/mol. The number of carbonyl (C=O) groups is 2. The van der Waals surface area contributed by atoms with E-state index >= 15 is 0 Å². The van der Waals surface area contributed by atoms with Crippen LogP contribution in [0.3, 0.4) is 0 Å². The summed E-state index contributed by atoms with van der Waals surface area (Å²) in [6, 6.07) is 6.21. The molecule has 0 atom stereocenters. The van der Waals surface area contributed by atoms with Gasteiger partial charge in [0.25, 0.3) is 0 Å². The first-order valence-electron chi connectivity index (χ1n) is 7.02. The van der Waals surface area contributed by atoms with Gasteiger partial charge in [0, 0.05) is 0 Å². The van der Waals surface area contributed by atoms with Crippen LogP contribution in [-0.2, 0) is 4.74 Å². The first kappa shape index (κ1) is 16.6. The molecule has 8 heteroatoms. The lowest BCUT2D eigenvalue weighted by Crippen LogP contribution is -2.18. The van der Waals surface area contributed by atoms with Gasteiger partial charge >= 0.3 is 5.97 Å². The summed E-state index contributed by atoms with van der Waals surface area (Å²) in [6.07, 6.45) is 0. The maximum Gasteiger partial charge on any atom is 0.338 e. The molecule has 2 aromatic rings. The molecule has 1 aliphatic heterocycles. The van der Waals surface area contributed by atoms with Crippen LogP contribution in [0.25, 0.3) is 0 Å². The van der Waals surface area contributed by atoms with E-state index in [4.69, 9.17) is 30.5 Å². The Hall–Kier alpha value is -2.25. The summed E-state index contributed by atoms with van der Waals surface area (Å²) in [7, 11) is 1.47. The molecule has 126 valence electrons. The Bertz CT molecular complexity index is 768. The maximum atomic E-state index is 12.2. The number of carbonyl (C=O) groups excluding carboxylic acids is 2. The van der Waals surface area contributed by atoms with E-state index in [0.29, 0.717) is 39.7 Å². The Labute approximate surface area is 146 Å². The van der Waals surface area contributed by atoms with Crippen molar-refractivity contribution in [3.63, 3.8) is 0 Å². The molecule has 6 nitrogen and oxygen atoms in total. The van der Waals surface area contributed by atoms with Gasteiger partial charge in [0.1, 0.15) is 13.2 Å². The van der Waals surface area contributed by atoms with Crippen molar-refractivity contribution in [2.75, 3.05) is 26.9 Å². The zero-order valence-electron chi connectivity index (χ0n) is 12.7. The van der Waals surface area contributed by atoms with Gasteiger partial charge in [0.05, 0.1) is 21.9 Å². The highest BCUT2D eigenvalue weighted by molar-refractivity contribution is 7.18. The molecule has 0 fully saturated rings. The fraction of sp³-hybridized carbons (Fsp3) is 0.250. The Balaban J connectivity index is 1.72. The number of halogens is 1. The Morgan fingerprint density at radius 1 is 1.25 bits per heavy atom. The van der Waals surface area contributed by atoms with E-state index in [9.17, 15) is 9.59 Å². The highest BCUT2D eigenvalue weighted by atomic mass is 35.5. The van der Waals surface area contributed by atoms with E-state index in [2.05, 4.69) is 0 Å². The third kappa shape index (κ3) is 3.47. The normalized spacial score (nSPS) is 12.6. The van der Waals surface area contributed by atoms with Gasteiger partial charge in [0.15, 0.2) is 18.1 Å². The van der Waals surface area contributed by atoms with Gasteiger partial charge in [-0.2, -0.15) is 0 Å². The molecule has 24 heavy (non-hydrogen) atoms. The second-order valence-corrected chi connectivity index (χ2v) is 6.52. The minimum atomic E-state index is -0.652. The summed E-state index contributed by atoms with van der Waals surface area (Å²) in [5, 5.41) is 0. The molecule has 0 saturated heterocycles. The number of rotatable bonds is 5. The minimum Gasteiger partial charge on any atom is -0.493 e. The molecule has 1 aromatic carbocycles. The quantitative estimate of drug-likeness (QED) is 0.596. The van der Waals surface area contributed by atoms with E-state index in [1.54, 1.807) is 12.1 Å². The van der Waals surface area contributed by atoms with Crippen molar-refractivity contribution in [3.05, 3.63) is 39.0 Å². The van der Waals surface area contributed by atoms with Crippen molar-refractivity contribution in [3.8, 4) is 17.2 Å². The predicted octanol–water partition coefficient (Wildman–Crippen LogP) is 3.22. The molecule has 0 spiro atoms. The van der Waals surface area contributed by atoms with Crippen LogP contribution in [-0.4, -0.2) is 38.7 Å². The highest BCUT2D eigenvalue weighted by Gasteiger charge is 2.22. The smallest absolute Gasteiger partial charge is 0.338 e. The molecule has 1 aliphatic rings. The average Bonchev–Trinajstić information content (AvgIpc) is 3.04. The highest BCUT2D eigenvalue weighted by Crippen LogP contribution is 2.40.